The van der Waals surface area contributed by atoms with Crippen LogP contribution in [0.1, 0.15) is 50.5 Å². The van der Waals surface area contributed by atoms with Crippen LogP contribution in [0.2, 0.25) is 0 Å². The van der Waals surface area contributed by atoms with Crippen LogP contribution in [0.4, 0.5) is 0 Å². The maximum atomic E-state index is 12.3. The molecule has 0 unspecified atom stereocenters. The van der Waals surface area contributed by atoms with Gasteiger partial charge in [0.15, 0.2) is 0 Å². The first-order chi connectivity index (χ1) is 9.62. The Labute approximate surface area is 121 Å². The summed E-state index contributed by atoms with van der Waals surface area (Å²) in [4.78, 5) is 0.275. The molecule has 1 saturated carbocycles. The van der Waals surface area contributed by atoms with Crippen LogP contribution < -0.4 is 4.72 Å². The molecule has 0 bridgehead atoms. The largest absolute Gasteiger partial charge is 0.392 e. The van der Waals surface area contributed by atoms with Gasteiger partial charge in [0.2, 0.25) is 10.0 Å². The van der Waals surface area contributed by atoms with Crippen molar-refractivity contribution in [2.24, 2.45) is 0 Å². The normalized spacial score (nSPS) is 18.4. The van der Waals surface area contributed by atoms with E-state index in [1.54, 1.807) is 24.3 Å². The molecule has 2 rings (SSSR count). The van der Waals surface area contributed by atoms with E-state index in [4.69, 9.17) is 5.11 Å². The second kappa shape index (κ2) is 7.20. The zero-order chi connectivity index (χ0) is 14.4. The van der Waals surface area contributed by atoms with Gasteiger partial charge in [-0.25, -0.2) is 13.1 Å². The van der Waals surface area contributed by atoms with Gasteiger partial charge in [-0.05, 0) is 30.5 Å². The Morgan fingerprint density at radius 2 is 1.55 bits per heavy atom. The summed E-state index contributed by atoms with van der Waals surface area (Å²) in [6.07, 6.45) is 7.70. The zero-order valence-corrected chi connectivity index (χ0v) is 12.5. The van der Waals surface area contributed by atoms with E-state index in [0.717, 1.165) is 31.2 Å². The molecule has 0 radical (unpaired) electrons. The van der Waals surface area contributed by atoms with Crippen LogP contribution in [0.5, 0.6) is 0 Å². The molecule has 2 N–H and O–H groups in total. The Morgan fingerprint density at radius 3 is 2.10 bits per heavy atom. The van der Waals surface area contributed by atoms with E-state index in [1.165, 1.54) is 19.3 Å². The molecule has 20 heavy (non-hydrogen) atoms. The van der Waals surface area contributed by atoms with Crippen molar-refractivity contribution in [1.82, 2.24) is 4.72 Å². The van der Waals surface area contributed by atoms with Gasteiger partial charge in [-0.1, -0.05) is 44.2 Å². The standard InChI is InChI=1S/C15H23NO3S/c17-12-13-8-10-15(11-9-13)20(18,19)16-14-6-4-2-1-3-5-7-14/h8-11,14,16-17H,1-7,12H2. The number of hydrogen-bond acceptors (Lipinski definition) is 3. The Balaban J connectivity index is 2.04. The highest BCUT2D eigenvalue weighted by Crippen LogP contribution is 2.19. The highest BCUT2D eigenvalue weighted by atomic mass is 32.2. The lowest BCUT2D eigenvalue weighted by atomic mass is 9.97. The van der Waals surface area contributed by atoms with Crippen molar-refractivity contribution in [2.45, 2.75) is 62.5 Å². The molecule has 0 aromatic heterocycles. The minimum Gasteiger partial charge on any atom is -0.392 e. The highest BCUT2D eigenvalue weighted by Gasteiger charge is 2.20. The molecule has 5 heteroatoms. The molecule has 1 aliphatic carbocycles. The van der Waals surface area contributed by atoms with E-state index < -0.39 is 10.0 Å². The fraction of sp³-hybridized carbons (Fsp3) is 0.600. The summed E-state index contributed by atoms with van der Waals surface area (Å²) in [5.74, 6) is 0. The van der Waals surface area contributed by atoms with Gasteiger partial charge in [-0.3, -0.25) is 0 Å². The fourth-order valence-electron chi connectivity index (χ4n) is 2.64. The number of nitrogens with one attached hydrogen (secondary N) is 1. The van der Waals surface area contributed by atoms with Gasteiger partial charge >= 0.3 is 0 Å². The van der Waals surface area contributed by atoms with Crippen molar-refractivity contribution >= 4 is 10.0 Å². The van der Waals surface area contributed by atoms with Crippen LogP contribution in [0.15, 0.2) is 29.2 Å². The summed E-state index contributed by atoms with van der Waals surface area (Å²) in [6.45, 7) is -0.0730. The molecule has 1 aromatic carbocycles. The van der Waals surface area contributed by atoms with Gasteiger partial charge in [0.05, 0.1) is 11.5 Å². The third kappa shape index (κ3) is 4.30. The SMILES string of the molecule is O=S(=O)(NC1CCCCCCC1)c1ccc(CO)cc1. The predicted octanol–water partition coefficient (Wildman–Crippen LogP) is 2.57. The van der Waals surface area contributed by atoms with Crippen molar-refractivity contribution in [2.75, 3.05) is 0 Å². The van der Waals surface area contributed by atoms with Crippen LogP contribution in [0, 0.1) is 0 Å². The summed E-state index contributed by atoms with van der Waals surface area (Å²) in [7, 11) is -3.44. The van der Waals surface area contributed by atoms with Gasteiger partial charge in [0.25, 0.3) is 0 Å². The molecule has 1 aliphatic rings. The topological polar surface area (TPSA) is 66.4 Å². The van der Waals surface area contributed by atoms with E-state index in [-0.39, 0.29) is 17.5 Å². The van der Waals surface area contributed by atoms with Crippen molar-refractivity contribution in [3.8, 4) is 0 Å². The van der Waals surface area contributed by atoms with E-state index in [9.17, 15) is 8.42 Å². The lowest BCUT2D eigenvalue weighted by molar-refractivity contribution is 0.282. The minimum atomic E-state index is -3.44. The Bertz CT molecular complexity index is 502. The van der Waals surface area contributed by atoms with E-state index >= 15 is 0 Å². The molecule has 4 nitrogen and oxygen atoms in total. The first kappa shape index (κ1) is 15.5. The van der Waals surface area contributed by atoms with Crippen LogP contribution in [-0.4, -0.2) is 19.6 Å². The minimum absolute atomic E-state index is 0.0535. The summed E-state index contributed by atoms with van der Waals surface area (Å²) in [5, 5.41) is 8.99. The number of aliphatic hydroxyl groups is 1. The van der Waals surface area contributed by atoms with Crippen LogP contribution in [0.25, 0.3) is 0 Å². The second-order valence-corrected chi connectivity index (χ2v) is 7.18. The summed E-state index contributed by atoms with van der Waals surface area (Å²) < 4.78 is 27.5. The highest BCUT2D eigenvalue weighted by molar-refractivity contribution is 7.89. The van der Waals surface area contributed by atoms with Crippen molar-refractivity contribution in [3.05, 3.63) is 29.8 Å². The van der Waals surface area contributed by atoms with E-state index in [2.05, 4.69) is 4.72 Å². The Hall–Kier alpha value is -0.910. The fourth-order valence-corrected chi connectivity index (χ4v) is 3.94. The van der Waals surface area contributed by atoms with Crippen LogP contribution in [0.3, 0.4) is 0 Å². The average molecular weight is 297 g/mol. The summed E-state index contributed by atoms with van der Waals surface area (Å²) in [5.41, 5.74) is 0.718. The van der Waals surface area contributed by atoms with Crippen molar-refractivity contribution in [1.29, 1.82) is 0 Å². The predicted molar refractivity (Wildman–Crippen MR) is 78.8 cm³/mol. The molecule has 0 aliphatic heterocycles. The summed E-state index contributed by atoms with van der Waals surface area (Å²) >= 11 is 0. The van der Waals surface area contributed by atoms with E-state index in [1.807, 2.05) is 0 Å². The smallest absolute Gasteiger partial charge is 0.240 e. The van der Waals surface area contributed by atoms with Gasteiger partial charge in [-0.15, -0.1) is 0 Å². The third-order valence-electron chi connectivity index (χ3n) is 3.84. The van der Waals surface area contributed by atoms with Gasteiger partial charge in [0.1, 0.15) is 0 Å². The first-order valence-electron chi connectivity index (χ1n) is 7.34. The average Bonchev–Trinajstić information content (AvgIpc) is 2.42. The van der Waals surface area contributed by atoms with Gasteiger partial charge in [-0.2, -0.15) is 0 Å². The molecule has 0 amide bonds. The molecule has 1 fully saturated rings. The molecular weight excluding hydrogens is 274 g/mol. The lowest BCUT2D eigenvalue weighted by Crippen LogP contribution is -2.35. The van der Waals surface area contributed by atoms with Gasteiger partial charge in [0, 0.05) is 6.04 Å². The number of sulfonamides is 1. The number of aliphatic hydroxyl groups excluding tert-OH is 1. The lowest BCUT2D eigenvalue weighted by Gasteiger charge is -2.21. The van der Waals surface area contributed by atoms with Gasteiger partial charge < -0.3 is 5.11 Å². The summed E-state index contributed by atoms with van der Waals surface area (Å²) in [6, 6.07) is 6.45. The second-order valence-electron chi connectivity index (χ2n) is 5.47. The molecule has 0 heterocycles. The quantitative estimate of drug-likeness (QED) is 0.897. The van der Waals surface area contributed by atoms with Crippen LogP contribution in [-0.2, 0) is 16.6 Å². The van der Waals surface area contributed by atoms with Crippen molar-refractivity contribution in [3.63, 3.8) is 0 Å². The molecule has 0 atom stereocenters. The Morgan fingerprint density at radius 1 is 1.00 bits per heavy atom. The zero-order valence-electron chi connectivity index (χ0n) is 11.7. The number of benzene rings is 1. The number of rotatable bonds is 4. The first-order valence-corrected chi connectivity index (χ1v) is 8.82. The number of hydrogen-bond donors (Lipinski definition) is 2. The van der Waals surface area contributed by atoms with Crippen LogP contribution >= 0.6 is 0 Å². The maximum Gasteiger partial charge on any atom is 0.240 e. The Kier molecular flexibility index (Phi) is 5.57. The monoisotopic (exact) mass is 297 g/mol. The van der Waals surface area contributed by atoms with E-state index in [0.29, 0.717) is 0 Å². The third-order valence-corrected chi connectivity index (χ3v) is 5.38. The van der Waals surface area contributed by atoms with Crippen molar-refractivity contribution < 1.29 is 13.5 Å². The molecule has 0 saturated heterocycles. The molecule has 1 aromatic rings. The molecule has 112 valence electrons. The maximum absolute atomic E-state index is 12.3. The molecule has 0 spiro atoms. The molecular formula is C15H23NO3S.